The van der Waals surface area contributed by atoms with Crippen molar-refractivity contribution >= 4 is 23.5 Å². The summed E-state index contributed by atoms with van der Waals surface area (Å²) in [5.74, 6) is -0.584. The van der Waals surface area contributed by atoms with Gasteiger partial charge in [-0.2, -0.15) is 0 Å². The number of anilines is 1. The summed E-state index contributed by atoms with van der Waals surface area (Å²) in [6.45, 7) is 6.88. The lowest BCUT2D eigenvalue weighted by atomic mass is 10.0. The zero-order valence-electron chi connectivity index (χ0n) is 17.3. The molecule has 1 aromatic rings. The second kappa shape index (κ2) is 10.2. The molecule has 1 saturated heterocycles. The number of hydrogen-bond donors (Lipinski definition) is 2. The largest absolute Gasteiger partial charge is 0.464 e. The smallest absolute Gasteiger partial charge is 0.328 e. The average molecular weight is 391 g/mol. The lowest BCUT2D eigenvalue weighted by Crippen LogP contribution is -3.11. The van der Waals surface area contributed by atoms with Gasteiger partial charge in [0.2, 0.25) is 0 Å². The van der Waals surface area contributed by atoms with Crippen molar-refractivity contribution in [3.63, 3.8) is 0 Å². The van der Waals surface area contributed by atoms with E-state index in [0.29, 0.717) is 19.6 Å². The minimum absolute atomic E-state index is 0.116. The van der Waals surface area contributed by atoms with Crippen molar-refractivity contribution in [2.75, 3.05) is 38.6 Å². The molecule has 154 valence electrons. The van der Waals surface area contributed by atoms with Gasteiger partial charge in [0.15, 0.2) is 13.1 Å². The van der Waals surface area contributed by atoms with Gasteiger partial charge in [-0.25, -0.2) is 4.79 Å². The number of aryl methyl sites for hydroxylation is 2. The molecule has 1 heterocycles. The highest BCUT2D eigenvalue weighted by Gasteiger charge is 2.34. The standard InChI is InChI=1S/C21H31N3O4/c1-5-28-21(27)17-11-6-7-12-24(17)19(26)14-23(4)13-18(25)22-20-15(2)9-8-10-16(20)3/h8-10,17H,5-7,11-14H2,1-4H3,(H,22,25)/p+1/t17-/m0/s1. The molecule has 1 fully saturated rings. The molecule has 2 N–H and O–H groups in total. The first kappa shape index (κ1) is 21.9. The highest BCUT2D eigenvalue weighted by Crippen LogP contribution is 2.19. The average Bonchev–Trinajstić information content (AvgIpc) is 2.65. The van der Waals surface area contributed by atoms with E-state index < -0.39 is 6.04 Å². The number of piperidine rings is 1. The van der Waals surface area contributed by atoms with Crippen molar-refractivity contribution in [1.29, 1.82) is 0 Å². The molecule has 0 aromatic heterocycles. The number of amides is 2. The third-order valence-corrected chi connectivity index (χ3v) is 5.04. The fourth-order valence-corrected chi connectivity index (χ4v) is 3.61. The number of likely N-dealkylation sites (N-methyl/N-ethyl adjacent to an activating group) is 1. The van der Waals surface area contributed by atoms with Gasteiger partial charge in [-0.3, -0.25) is 9.59 Å². The molecule has 0 aliphatic carbocycles. The number of nitrogens with one attached hydrogen (secondary N) is 2. The summed E-state index contributed by atoms with van der Waals surface area (Å²) in [4.78, 5) is 39.7. The minimum atomic E-state index is -0.502. The first-order valence-corrected chi connectivity index (χ1v) is 9.97. The molecule has 1 aliphatic rings. The fraction of sp³-hybridized carbons (Fsp3) is 0.571. The molecule has 0 saturated carbocycles. The van der Waals surface area contributed by atoms with Crippen LogP contribution in [0.5, 0.6) is 0 Å². The number of benzene rings is 1. The number of carbonyl (C=O) groups is 3. The van der Waals surface area contributed by atoms with Gasteiger partial charge < -0.3 is 19.9 Å². The van der Waals surface area contributed by atoms with Crippen LogP contribution in [-0.4, -0.2) is 62.0 Å². The monoisotopic (exact) mass is 390 g/mol. The highest BCUT2D eigenvalue weighted by atomic mass is 16.5. The predicted octanol–water partition coefficient (Wildman–Crippen LogP) is 0.701. The van der Waals surface area contributed by atoms with Crippen molar-refractivity contribution in [1.82, 2.24) is 4.90 Å². The van der Waals surface area contributed by atoms with E-state index >= 15 is 0 Å². The fourth-order valence-electron chi connectivity index (χ4n) is 3.61. The van der Waals surface area contributed by atoms with Crippen LogP contribution >= 0.6 is 0 Å². The van der Waals surface area contributed by atoms with E-state index in [9.17, 15) is 14.4 Å². The quantitative estimate of drug-likeness (QED) is 0.672. The zero-order chi connectivity index (χ0) is 20.7. The third-order valence-electron chi connectivity index (χ3n) is 5.04. The predicted molar refractivity (Wildman–Crippen MR) is 107 cm³/mol. The van der Waals surface area contributed by atoms with Crippen LogP contribution < -0.4 is 10.2 Å². The lowest BCUT2D eigenvalue weighted by Gasteiger charge is -2.34. The number of esters is 1. The van der Waals surface area contributed by atoms with Crippen molar-refractivity contribution in [2.24, 2.45) is 0 Å². The van der Waals surface area contributed by atoms with Gasteiger partial charge in [0.05, 0.1) is 13.7 Å². The van der Waals surface area contributed by atoms with E-state index in [2.05, 4.69) is 5.32 Å². The van der Waals surface area contributed by atoms with Gasteiger partial charge in [0.1, 0.15) is 6.04 Å². The molecular weight excluding hydrogens is 358 g/mol. The molecule has 2 rings (SSSR count). The van der Waals surface area contributed by atoms with Crippen molar-refractivity contribution in [2.45, 2.75) is 46.1 Å². The van der Waals surface area contributed by atoms with Crippen LogP contribution in [0.2, 0.25) is 0 Å². The number of nitrogens with zero attached hydrogens (tertiary/aromatic N) is 1. The maximum absolute atomic E-state index is 12.7. The first-order chi connectivity index (χ1) is 13.3. The number of rotatable bonds is 7. The molecule has 1 aromatic carbocycles. The maximum atomic E-state index is 12.7. The molecule has 1 unspecified atom stereocenters. The van der Waals surface area contributed by atoms with Crippen molar-refractivity contribution < 1.29 is 24.0 Å². The van der Waals surface area contributed by atoms with E-state index in [0.717, 1.165) is 34.6 Å². The van der Waals surface area contributed by atoms with Crippen LogP contribution in [0.1, 0.15) is 37.3 Å². The summed E-state index contributed by atoms with van der Waals surface area (Å²) in [6, 6.07) is 5.36. The Balaban J connectivity index is 1.92. The van der Waals surface area contributed by atoms with Gasteiger partial charge in [-0.15, -0.1) is 0 Å². The van der Waals surface area contributed by atoms with E-state index in [1.54, 1.807) is 11.8 Å². The molecular formula is C21H32N3O4+. The van der Waals surface area contributed by atoms with Crippen LogP contribution in [0.4, 0.5) is 5.69 Å². The zero-order valence-corrected chi connectivity index (χ0v) is 17.3. The summed E-state index contributed by atoms with van der Waals surface area (Å²) in [6.07, 6.45) is 2.43. The Kier molecular flexibility index (Phi) is 7.99. The van der Waals surface area contributed by atoms with Crippen molar-refractivity contribution in [3.8, 4) is 0 Å². The SMILES string of the molecule is CCOC(=O)[C@@H]1CCCCN1C(=O)C[NH+](C)CC(=O)Nc1c(C)cccc1C. The molecule has 7 heteroatoms. The van der Waals surface area contributed by atoms with Crippen molar-refractivity contribution in [3.05, 3.63) is 29.3 Å². The Bertz CT molecular complexity index is 699. The molecule has 28 heavy (non-hydrogen) atoms. The topological polar surface area (TPSA) is 80.2 Å². The van der Waals surface area contributed by atoms with E-state index in [1.807, 2.05) is 39.1 Å². The van der Waals surface area contributed by atoms with Crippen LogP contribution in [0.3, 0.4) is 0 Å². The first-order valence-electron chi connectivity index (χ1n) is 9.97. The Morgan fingerprint density at radius 1 is 1.18 bits per heavy atom. The molecule has 0 radical (unpaired) electrons. The van der Waals surface area contributed by atoms with Crippen LogP contribution in [0.25, 0.3) is 0 Å². The molecule has 0 spiro atoms. The summed E-state index contributed by atoms with van der Waals surface area (Å²) in [5.41, 5.74) is 2.84. The Hall–Kier alpha value is -2.41. The van der Waals surface area contributed by atoms with Gasteiger partial charge in [-0.05, 0) is 51.2 Å². The Morgan fingerprint density at radius 2 is 1.86 bits per heavy atom. The number of ether oxygens (including phenoxy) is 1. The number of carbonyl (C=O) groups excluding carboxylic acids is 3. The summed E-state index contributed by atoms with van der Waals surface area (Å²) >= 11 is 0. The van der Waals surface area contributed by atoms with Gasteiger partial charge in [0, 0.05) is 12.2 Å². The number of likely N-dealkylation sites (tertiary alicyclic amines) is 1. The van der Waals surface area contributed by atoms with Gasteiger partial charge in [0.25, 0.3) is 11.8 Å². The number of quaternary nitrogens is 1. The van der Waals surface area contributed by atoms with E-state index in [1.165, 1.54) is 0 Å². The number of para-hydroxylation sites is 1. The molecule has 1 aliphatic heterocycles. The van der Waals surface area contributed by atoms with Gasteiger partial charge in [-0.1, -0.05) is 18.2 Å². The Morgan fingerprint density at radius 3 is 2.50 bits per heavy atom. The number of hydrogen-bond acceptors (Lipinski definition) is 4. The summed E-state index contributed by atoms with van der Waals surface area (Å²) in [7, 11) is 1.81. The maximum Gasteiger partial charge on any atom is 0.328 e. The molecule has 2 amide bonds. The van der Waals surface area contributed by atoms with Crippen LogP contribution in [0, 0.1) is 13.8 Å². The van der Waals surface area contributed by atoms with Crippen LogP contribution in [-0.2, 0) is 19.1 Å². The molecule has 2 atom stereocenters. The van der Waals surface area contributed by atoms with Gasteiger partial charge >= 0.3 is 5.97 Å². The lowest BCUT2D eigenvalue weighted by molar-refractivity contribution is -0.862. The Labute approximate surface area is 167 Å². The second-order valence-electron chi connectivity index (χ2n) is 7.48. The van der Waals surface area contributed by atoms with E-state index in [4.69, 9.17) is 4.74 Å². The summed E-state index contributed by atoms with van der Waals surface area (Å²) < 4.78 is 5.12. The minimum Gasteiger partial charge on any atom is -0.464 e. The molecule has 7 nitrogen and oxygen atoms in total. The second-order valence-corrected chi connectivity index (χ2v) is 7.48. The normalized spacial score (nSPS) is 17.7. The third kappa shape index (κ3) is 5.79. The summed E-state index contributed by atoms with van der Waals surface area (Å²) in [5, 5.41) is 2.95. The van der Waals surface area contributed by atoms with Crippen LogP contribution in [0.15, 0.2) is 18.2 Å². The molecule has 0 bridgehead atoms. The van der Waals surface area contributed by atoms with E-state index in [-0.39, 0.29) is 30.9 Å². The highest BCUT2D eigenvalue weighted by molar-refractivity contribution is 5.93.